The molecule has 0 aromatic heterocycles. The third-order valence-electron chi connectivity index (χ3n) is 6.68. The summed E-state index contributed by atoms with van der Waals surface area (Å²) in [6, 6.07) is 12.5. The van der Waals surface area contributed by atoms with Crippen molar-refractivity contribution >= 4 is 11.4 Å². The van der Waals surface area contributed by atoms with E-state index in [0.29, 0.717) is 11.1 Å². The average Bonchev–Trinajstić information content (AvgIpc) is 2.98. The fourth-order valence-corrected chi connectivity index (χ4v) is 4.20. The maximum Gasteiger partial charge on any atom is 0.352 e. The van der Waals surface area contributed by atoms with Crippen LogP contribution in [0.5, 0.6) is 23.0 Å². The molecule has 0 fully saturated rings. The lowest BCUT2D eigenvalue weighted by molar-refractivity contribution is -0.389. The van der Waals surface area contributed by atoms with Crippen LogP contribution in [0.15, 0.2) is 48.5 Å². The molecule has 0 saturated heterocycles. The zero-order valence-electron chi connectivity index (χ0n) is 23.8. The van der Waals surface area contributed by atoms with Crippen LogP contribution in [-0.2, 0) is 0 Å². The molecule has 0 aliphatic heterocycles. The van der Waals surface area contributed by atoms with Crippen LogP contribution in [0.4, 0.5) is 37.7 Å². The zero-order valence-corrected chi connectivity index (χ0v) is 23.8. The number of rotatable bonds is 10. The molecule has 0 aliphatic carbocycles. The van der Waals surface area contributed by atoms with E-state index in [4.69, 9.17) is 9.47 Å². The summed E-state index contributed by atoms with van der Waals surface area (Å²) in [5.74, 6) is -20.7. The predicted octanol–water partition coefficient (Wildman–Crippen LogP) is 9.03. The molecule has 2 unspecified atom stereocenters. The van der Waals surface area contributed by atoms with Crippen molar-refractivity contribution < 1.29 is 50.4 Å². The van der Waals surface area contributed by atoms with Crippen LogP contribution >= 0.6 is 0 Å². The highest BCUT2D eigenvalue weighted by Crippen LogP contribution is 2.48. The third kappa shape index (κ3) is 6.32. The van der Waals surface area contributed by atoms with Gasteiger partial charge in [-0.15, -0.1) is 0 Å². The van der Waals surface area contributed by atoms with Crippen LogP contribution in [0.1, 0.15) is 48.3 Å². The highest BCUT2D eigenvalue weighted by Gasteiger charge is 2.40. The molecule has 0 bridgehead atoms. The Morgan fingerprint density at radius 1 is 0.533 bits per heavy atom. The van der Waals surface area contributed by atoms with Gasteiger partial charge in [0, 0.05) is 0 Å². The summed E-state index contributed by atoms with van der Waals surface area (Å²) in [6.07, 6.45) is -2.44. The van der Waals surface area contributed by atoms with Crippen molar-refractivity contribution in [1.82, 2.24) is 0 Å². The largest absolute Gasteiger partial charge is 0.477 e. The van der Waals surface area contributed by atoms with E-state index in [-0.39, 0.29) is 0 Å². The number of nitro groups is 2. The molecule has 9 nitrogen and oxygen atoms in total. The average molecular weight is 637 g/mol. The molecule has 0 aliphatic rings. The van der Waals surface area contributed by atoms with Gasteiger partial charge in [0.1, 0.15) is 12.2 Å². The number of nitro benzene ring substituents is 2. The first-order valence-electron chi connectivity index (χ1n) is 13.0. The monoisotopic (exact) mass is 636 g/mol. The Hall–Kier alpha value is -5.34. The van der Waals surface area contributed by atoms with Gasteiger partial charge in [0.2, 0.25) is 57.9 Å². The number of hydrogen-bond donors (Lipinski definition) is 0. The van der Waals surface area contributed by atoms with Crippen molar-refractivity contribution in [2.45, 2.75) is 39.9 Å². The van der Waals surface area contributed by atoms with Gasteiger partial charge in [-0.05, 0) is 38.8 Å². The van der Waals surface area contributed by atoms with Gasteiger partial charge >= 0.3 is 11.4 Å². The molecule has 15 heteroatoms. The first-order valence-corrected chi connectivity index (χ1v) is 13.0. The lowest BCUT2D eigenvalue weighted by Crippen LogP contribution is -2.12. The van der Waals surface area contributed by atoms with Crippen molar-refractivity contribution in [1.29, 1.82) is 0 Å². The van der Waals surface area contributed by atoms with E-state index in [1.54, 1.807) is 38.1 Å². The Morgan fingerprint density at radius 2 is 0.844 bits per heavy atom. The fourth-order valence-electron chi connectivity index (χ4n) is 4.20. The van der Waals surface area contributed by atoms with Crippen molar-refractivity contribution in [3.8, 4) is 23.0 Å². The second-order valence-corrected chi connectivity index (χ2v) is 9.86. The third-order valence-corrected chi connectivity index (χ3v) is 6.68. The number of halogens is 6. The summed E-state index contributed by atoms with van der Waals surface area (Å²) in [4.78, 5) is 20.2. The highest BCUT2D eigenvalue weighted by atomic mass is 19.2. The Kier molecular flexibility index (Phi) is 9.21. The summed E-state index contributed by atoms with van der Waals surface area (Å²) in [7, 11) is 0. The van der Waals surface area contributed by atoms with Crippen LogP contribution < -0.4 is 14.2 Å². The smallest absolute Gasteiger partial charge is 0.352 e. The predicted molar refractivity (Wildman–Crippen MR) is 146 cm³/mol. The van der Waals surface area contributed by atoms with Crippen LogP contribution in [0.3, 0.4) is 0 Å². The number of ether oxygens (including phenoxy) is 3. The van der Waals surface area contributed by atoms with E-state index in [9.17, 15) is 29.0 Å². The van der Waals surface area contributed by atoms with Gasteiger partial charge in [0.25, 0.3) is 0 Å². The number of nitrogens with zero attached hydrogens (tertiary/aromatic N) is 2. The van der Waals surface area contributed by atoms with Crippen molar-refractivity contribution in [3.05, 3.63) is 126 Å². The molecule has 0 amide bonds. The molecular weight excluding hydrogens is 614 g/mol. The lowest BCUT2D eigenvalue weighted by Gasteiger charge is -2.19. The first-order chi connectivity index (χ1) is 21.1. The highest BCUT2D eigenvalue weighted by molar-refractivity contribution is 5.58. The van der Waals surface area contributed by atoms with E-state index < -0.39 is 91.3 Å². The van der Waals surface area contributed by atoms with Crippen LogP contribution in [-0.4, -0.2) is 9.85 Å². The summed E-state index contributed by atoms with van der Waals surface area (Å²) >= 11 is 0. The van der Waals surface area contributed by atoms with E-state index in [2.05, 4.69) is 4.74 Å². The molecule has 4 aromatic carbocycles. The molecule has 4 aromatic rings. The van der Waals surface area contributed by atoms with Gasteiger partial charge < -0.3 is 14.2 Å². The molecule has 236 valence electrons. The van der Waals surface area contributed by atoms with Gasteiger partial charge in [-0.3, -0.25) is 20.2 Å². The second kappa shape index (κ2) is 12.7. The van der Waals surface area contributed by atoms with Crippen molar-refractivity contribution in [2.75, 3.05) is 0 Å². The molecule has 2 atom stereocenters. The molecule has 0 N–H and O–H groups in total. The Bertz CT molecular complexity index is 1670. The lowest BCUT2D eigenvalue weighted by atomic mass is 10.1. The van der Waals surface area contributed by atoms with Gasteiger partial charge in [0.05, 0.1) is 9.85 Å². The molecule has 0 heterocycles. The number of hydrogen-bond acceptors (Lipinski definition) is 7. The SMILES string of the molecule is Cc1ccc(C(C)Oc2c(F)c(Oc3c(F)c(F)c([N+](=O)[O-])c(OC(C)c4ccc(C)cc4)c3F)c(F)c(F)c2[N+](=O)[O-])cc1. The molecule has 0 radical (unpaired) electrons. The molecule has 0 saturated carbocycles. The van der Waals surface area contributed by atoms with Crippen LogP contribution in [0.2, 0.25) is 0 Å². The molecule has 45 heavy (non-hydrogen) atoms. The van der Waals surface area contributed by atoms with Crippen molar-refractivity contribution in [3.63, 3.8) is 0 Å². The van der Waals surface area contributed by atoms with Crippen LogP contribution in [0.25, 0.3) is 0 Å². The summed E-state index contributed by atoms with van der Waals surface area (Å²) in [5, 5.41) is 23.2. The Morgan fingerprint density at radius 3 is 1.13 bits per heavy atom. The van der Waals surface area contributed by atoms with Crippen molar-refractivity contribution in [2.24, 2.45) is 0 Å². The normalized spacial score (nSPS) is 12.4. The fraction of sp³-hybridized carbons (Fsp3) is 0.200. The first kappa shape index (κ1) is 32.6. The van der Waals surface area contributed by atoms with E-state index in [1.807, 2.05) is 0 Å². The van der Waals surface area contributed by atoms with E-state index in [1.165, 1.54) is 38.1 Å². The van der Waals surface area contributed by atoms with E-state index in [0.717, 1.165) is 11.1 Å². The van der Waals surface area contributed by atoms with Gasteiger partial charge in [-0.2, -0.15) is 26.3 Å². The van der Waals surface area contributed by atoms with Gasteiger partial charge in [0.15, 0.2) is 0 Å². The Balaban J connectivity index is 1.86. The number of benzene rings is 4. The van der Waals surface area contributed by atoms with Gasteiger partial charge in [-0.25, -0.2) is 0 Å². The summed E-state index contributed by atoms with van der Waals surface area (Å²) in [6.45, 7) is 6.08. The van der Waals surface area contributed by atoms with E-state index >= 15 is 17.6 Å². The molecule has 0 spiro atoms. The standard InChI is InChI=1S/C30H22F6N2O7/c1-13-5-9-17(10-6-13)15(3)43-29-23(35)27(21(33)19(31)25(29)37(39)40)45-28-22(34)20(32)26(38(41)42)30(24(28)36)44-16(4)18-11-7-14(2)8-12-18/h5-12,15-16H,1-4H3. The molecular formula is C30H22F6N2O7. The summed E-state index contributed by atoms with van der Waals surface area (Å²) < 4.78 is 106. The maximum absolute atomic E-state index is 15.7. The molecule has 4 rings (SSSR count). The minimum Gasteiger partial charge on any atom is -0.477 e. The topological polar surface area (TPSA) is 114 Å². The minimum atomic E-state index is -2.43. The van der Waals surface area contributed by atoms with Crippen LogP contribution in [0, 0.1) is 69.0 Å². The number of aryl methyl sites for hydroxylation is 2. The zero-order chi connectivity index (χ0) is 33.3. The minimum absolute atomic E-state index is 0.320. The maximum atomic E-state index is 15.7. The summed E-state index contributed by atoms with van der Waals surface area (Å²) in [5.41, 5.74) is -1.35. The van der Waals surface area contributed by atoms with Gasteiger partial charge in [-0.1, -0.05) is 59.7 Å². The second-order valence-electron chi connectivity index (χ2n) is 9.86. The quantitative estimate of drug-likeness (QED) is 0.0739. The Labute approximate surface area is 250 Å².